The van der Waals surface area contributed by atoms with Gasteiger partial charge in [-0.25, -0.2) is 13.4 Å². The molecule has 9 heteroatoms. The van der Waals surface area contributed by atoms with Gasteiger partial charge in [-0.05, 0) is 43.5 Å². The zero-order valence-corrected chi connectivity index (χ0v) is 15.3. The van der Waals surface area contributed by atoms with E-state index >= 15 is 0 Å². The van der Waals surface area contributed by atoms with Gasteiger partial charge in [-0.2, -0.15) is 4.31 Å². The minimum atomic E-state index is -3.57. The van der Waals surface area contributed by atoms with Crippen molar-refractivity contribution in [3.63, 3.8) is 0 Å². The third-order valence-corrected chi connectivity index (χ3v) is 6.09. The van der Waals surface area contributed by atoms with Crippen LogP contribution < -0.4 is 5.32 Å². The van der Waals surface area contributed by atoms with Gasteiger partial charge in [0.25, 0.3) is 10.0 Å². The van der Waals surface area contributed by atoms with Crippen LogP contribution in [0.25, 0.3) is 0 Å². The van der Waals surface area contributed by atoms with Gasteiger partial charge in [0.1, 0.15) is 6.54 Å². The molecular weight excluding hydrogens is 364 g/mol. The summed E-state index contributed by atoms with van der Waals surface area (Å²) in [7, 11) is -3.57. The number of halogens is 1. The quantitative estimate of drug-likeness (QED) is 0.859. The Bertz CT molecular complexity index is 889. The van der Waals surface area contributed by atoms with E-state index in [1.807, 2.05) is 6.92 Å². The first-order valence-electron chi connectivity index (χ1n) is 7.94. The second-order valence-electron chi connectivity index (χ2n) is 6.00. The van der Waals surface area contributed by atoms with Crippen molar-refractivity contribution in [1.29, 1.82) is 0 Å². The van der Waals surface area contributed by atoms with E-state index in [1.165, 1.54) is 21.4 Å². The molecule has 2 aromatic rings. The summed E-state index contributed by atoms with van der Waals surface area (Å²) in [6.07, 6.45) is 4.48. The van der Waals surface area contributed by atoms with Crippen molar-refractivity contribution in [3.8, 4) is 0 Å². The molecule has 1 aliphatic heterocycles. The van der Waals surface area contributed by atoms with Gasteiger partial charge in [-0.3, -0.25) is 4.79 Å². The molecule has 1 amide bonds. The van der Waals surface area contributed by atoms with Crippen LogP contribution in [0.1, 0.15) is 18.4 Å². The van der Waals surface area contributed by atoms with Crippen molar-refractivity contribution in [2.24, 2.45) is 0 Å². The number of sulfonamides is 1. The molecule has 0 bridgehead atoms. The van der Waals surface area contributed by atoms with E-state index in [9.17, 15) is 13.2 Å². The second kappa shape index (κ2) is 7.15. The maximum atomic E-state index is 12.4. The molecular formula is C16H19ClN4O3S. The Morgan fingerprint density at radius 3 is 2.72 bits per heavy atom. The minimum Gasteiger partial charge on any atom is -0.327 e. The molecule has 1 aromatic carbocycles. The Balaban J connectivity index is 1.67. The number of rotatable bonds is 5. The molecule has 0 saturated carbocycles. The first kappa shape index (κ1) is 17.9. The summed E-state index contributed by atoms with van der Waals surface area (Å²) in [6, 6.07) is 5.18. The molecule has 1 fully saturated rings. The molecule has 0 atom stereocenters. The van der Waals surface area contributed by atoms with E-state index in [4.69, 9.17) is 11.6 Å². The Labute approximate surface area is 151 Å². The van der Waals surface area contributed by atoms with Crippen LogP contribution in [-0.4, -0.2) is 41.3 Å². The molecule has 0 radical (unpaired) electrons. The van der Waals surface area contributed by atoms with Gasteiger partial charge in [0.15, 0.2) is 5.03 Å². The van der Waals surface area contributed by atoms with Crippen LogP contribution in [-0.2, 0) is 21.4 Å². The summed E-state index contributed by atoms with van der Waals surface area (Å²) in [5.41, 5.74) is 1.52. The predicted octanol–water partition coefficient (Wildman–Crippen LogP) is 2.27. The van der Waals surface area contributed by atoms with Crippen molar-refractivity contribution in [1.82, 2.24) is 13.9 Å². The molecule has 1 N–H and O–H groups in total. The van der Waals surface area contributed by atoms with Gasteiger partial charge in [0, 0.05) is 30.0 Å². The second-order valence-corrected chi connectivity index (χ2v) is 8.32. The average Bonchev–Trinajstić information content (AvgIpc) is 3.22. The van der Waals surface area contributed by atoms with Gasteiger partial charge in [0.05, 0.1) is 6.33 Å². The molecule has 1 saturated heterocycles. The average molecular weight is 383 g/mol. The summed E-state index contributed by atoms with van der Waals surface area (Å²) in [5, 5.41) is 3.36. The van der Waals surface area contributed by atoms with Crippen LogP contribution in [0.4, 0.5) is 5.69 Å². The van der Waals surface area contributed by atoms with Crippen LogP contribution in [0.15, 0.2) is 35.7 Å². The van der Waals surface area contributed by atoms with Crippen molar-refractivity contribution in [2.75, 3.05) is 18.4 Å². The van der Waals surface area contributed by atoms with E-state index < -0.39 is 10.0 Å². The molecule has 3 rings (SSSR count). The largest absolute Gasteiger partial charge is 0.327 e. The standard InChI is InChI=1S/C16H19ClN4O3S/c1-12-8-13(17)4-5-14(12)19-15(22)9-20-10-16(18-11-20)25(23,24)21-6-2-3-7-21/h4-5,8,10-11H,2-3,6-7,9H2,1H3,(H,19,22). The zero-order valence-electron chi connectivity index (χ0n) is 13.8. The summed E-state index contributed by atoms with van der Waals surface area (Å²) < 4.78 is 27.8. The maximum Gasteiger partial charge on any atom is 0.262 e. The molecule has 134 valence electrons. The van der Waals surface area contributed by atoms with E-state index in [0.717, 1.165) is 18.4 Å². The maximum absolute atomic E-state index is 12.4. The summed E-state index contributed by atoms with van der Waals surface area (Å²) >= 11 is 5.90. The van der Waals surface area contributed by atoms with Crippen LogP contribution >= 0.6 is 11.6 Å². The van der Waals surface area contributed by atoms with E-state index in [-0.39, 0.29) is 17.5 Å². The highest BCUT2D eigenvalue weighted by Gasteiger charge is 2.29. The Kier molecular flexibility index (Phi) is 5.12. The number of nitrogens with one attached hydrogen (secondary N) is 1. The minimum absolute atomic E-state index is 0.0232. The Hall–Kier alpha value is -1.90. The van der Waals surface area contributed by atoms with Crippen molar-refractivity contribution < 1.29 is 13.2 Å². The highest BCUT2D eigenvalue weighted by molar-refractivity contribution is 7.89. The lowest BCUT2D eigenvalue weighted by Gasteiger charge is -2.12. The summed E-state index contributed by atoms with van der Waals surface area (Å²) in [6.45, 7) is 2.86. The van der Waals surface area contributed by atoms with Crippen LogP contribution in [0, 0.1) is 6.92 Å². The number of anilines is 1. The Morgan fingerprint density at radius 2 is 2.04 bits per heavy atom. The monoisotopic (exact) mass is 382 g/mol. The lowest BCUT2D eigenvalue weighted by Crippen LogP contribution is -2.28. The number of carbonyl (C=O) groups excluding carboxylic acids is 1. The summed E-state index contributed by atoms with van der Waals surface area (Å²) in [5.74, 6) is -0.270. The molecule has 7 nitrogen and oxygen atoms in total. The summed E-state index contributed by atoms with van der Waals surface area (Å²) in [4.78, 5) is 16.1. The number of nitrogens with zero attached hydrogens (tertiary/aromatic N) is 3. The molecule has 0 aliphatic carbocycles. The van der Waals surface area contributed by atoms with Gasteiger partial charge < -0.3 is 9.88 Å². The molecule has 2 heterocycles. The smallest absolute Gasteiger partial charge is 0.262 e. The number of carbonyl (C=O) groups is 1. The zero-order chi connectivity index (χ0) is 18.0. The molecule has 1 aromatic heterocycles. The van der Waals surface area contributed by atoms with Crippen LogP contribution in [0.3, 0.4) is 0 Å². The number of aryl methyl sites for hydroxylation is 1. The van der Waals surface area contributed by atoms with Gasteiger partial charge >= 0.3 is 0 Å². The highest BCUT2D eigenvalue weighted by atomic mass is 35.5. The number of benzene rings is 1. The normalized spacial score (nSPS) is 15.4. The fourth-order valence-electron chi connectivity index (χ4n) is 2.74. The lowest BCUT2D eigenvalue weighted by atomic mass is 10.2. The number of imidazole rings is 1. The number of hydrogen-bond donors (Lipinski definition) is 1. The van der Waals surface area contributed by atoms with E-state index in [2.05, 4.69) is 10.3 Å². The fourth-order valence-corrected chi connectivity index (χ4v) is 4.42. The van der Waals surface area contributed by atoms with E-state index in [1.54, 1.807) is 18.2 Å². The van der Waals surface area contributed by atoms with Crippen molar-refractivity contribution in [3.05, 3.63) is 41.3 Å². The highest BCUT2D eigenvalue weighted by Crippen LogP contribution is 2.20. The topological polar surface area (TPSA) is 84.3 Å². The third kappa shape index (κ3) is 4.02. The van der Waals surface area contributed by atoms with Crippen molar-refractivity contribution >= 4 is 33.2 Å². The first-order valence-corrected chi connectivity index (χ1v) is 9.76. The van der Waals surface area contributed by atoms with Gasteiger partial charge in [0.2, 0.25) is 5.91 Å². The van der Waals surface area contributed by atoms with E-state index in [0.29, 0.717) is 23.8 Å². The lowest BCUT2D eigenvalue weighted by molar-refractivity contribution is -0.116. The van der Waals surface area contributed by atoms with Crippen LogP contribution in [0.5, 0.6) is 0 Å². The molecule has 1 aliphatic rings. The number of amides is 1. The first-order chi connectivity index (χ1) is 11.9. The van der Waals surface area contributed by atoms with Gasteiger partial charge in [-0.1, -0.05) is 11.6 Å². The van der Waals surface area contributed by atoms with Crippen molar-refractivity contribution in [2.45, 2.75) is 31.3 Å². The molecule has 0 spiro atoms. The molecule has 25 heavy (non-hydrogen) atoms. The Morgan fingerprint density at radius 1 is 1.32 bits per heavy atom. The van der Waals surface area contributed by atoms with Gasteiger partial charge in [-0.15, -0.1) is 0 Å². The number of hydrogen-bond acceptors (Lipinski definition) is 4. The predicted molar refractivity (Wildman–Crippen MR) is 95.0 cm³/mol. The van der Waals surface area contributed by atoms with Crippen LogP contribution in [0.2, 0.25) is 5.02 Å². The molecule has 0 unspecified atom stereocenters. The SMILES string of the molecule is Cc1cc(Cl)ccc1NC(=O)Cn1cnc(S(=O)(=O)N2CCCC2)c1. The fraction of sp³-hybridized carbons (Fsp3) is 0.375. The third-order valence-electron chi connectivity index (χ3n) is 4.07. The number of aromatic nitrogens is 2.